The summed E-state index contributed by atoms with van der Waals surface area (Å²) in [6, 6.07) is 0. The maximum Gasteiger partial charge on any atom is 0.114 e. The van der Waals surface area contributed by atoms with Gasteiger partial charge < -0.3 is 24.1 Å². The van der Waals surface area contributed by atoms with E-state index in [9.17, 15) is 5.11 Å². The van der Waals surface area contributed by atoms with E-state index in [1.807, 2.05) is 6.92 Å². The van der Waals surface area contributed by atoms with Crippen molar-refractivity contribution < 1.29 is 24.1 Å². The molecule has 5 nitrogen and oxygen atoms in total. The van der Waals surface area contributed by atoms with Gasteiger partial charge in [0.1, 0.15) is 18.3 Å². The lowest BCUT2D eigenvalue weighted by Crippen LogP contribution is -2.48. The molecule has 0 aliphatic heterocycles. The highest BCUT2D eigenvalue weighted by Crippen LogP contribution is 2.14. The Balaban J connectivity index is 4.44. The predicted octanol–water partition coefficient (Wildman–Crippen LogP) is 0.0586. The molecule has 0 fully saturated rings. The fourth-order valence-corrected chi connectivity index (χ4v) is 1.50. The Morgan fingerprint density at radius 1 is 0.933 bits per heavy atom. The molecule has 0 radical (unpaired) electrons. The number of hydrogen-bond donors (Lipinski definition) is 1. The molecule has 0 aromatic heterocycles. The molecule has 0 aliphatic rings. The quantitative estimate of drug-likeness (QED) is 0.629. The van der Waals surface area contributed by atoms with Crippen LogP contribution in [0.2, 0.25) is 0 Å². The summed E-state index contributed by atoms with van der Waals surface area (Å²) in [5.41, 5.74) is 0. The van der Waals surface area contributed by atoms with Gasteiger partial charge in [0, 0.05) is 28.4 Å². The summed E-state index contributed by atoms with van der Waals surface area (Å²) in [6.07, 6.45) is -1.69. The van der Waals surface area contributed by atoms with Crippen LogP contribution in [0.3, 0.4) is 0 Å². The Morgan fingerprint density at radius 3 is 1.80 bits per heavy atom. The standard InChI is InChI=1S/C10H22O5/c1-7(13-3)9(14-4)10(15-5)8(11)6-12-2/h7-11H,6H2,1-5H3/t7-,8-,9+,10+/m1/s1. The van der Waals surface area contributed by atoms with Crippen molar-refractivity contribution in [3.05, 3.63) is 0 Å². The molecule has 0 saturated heterocycles. The van der Waals surface area contributed by atoms with Crippen LogP contribution < -0.4 is 0 Å². The fraction of sp³-hybridized carbons (Fsp3) is 1.00. The second kappa shape index (κ2) is 8.01. The van der Waals surface area contributed by atoms with Gasteiger partial charge in [0.25, 0.3) is 0 Å². The Hall–Kier alpha value is -0.200. The van der Waals surface area contributed by atoms with Crippen molar-refractivity contribution >= 4 is 0 Å². The summed E-state index contributed by atoms with van der Waals surface area (Å²) < 4.78 is 20.5. The number of aliphatic hydroxyl groups is 1. The molecule has 15 heavy (non-hydrogen) atoms. The van der Waals surface area contributed by atoms with E-state index in [1.54, 1.807) is 14.2 Å². The third-order valence-corrected chi connectivity index (χ3v) is 2.42. The molecule has 0 bridgehead atoms. The minimum Gasteiger partial charge on any atom is -0.388 e. The third-order valence-electron chi connectivity index (χ3n) is 2.42. The van der Waals surface area contributed by atoms with Crippen molar-refractivity contribution in [2.45, 2.75) is 31.3 Å². The first-order chi connectivity index (χ1) is 7.12. The van der Waals surface area contributed by atoms with Gasteiger partial charge in [0.05, 0.1) is 12.7 Å². The molecule has 0 unspecified atom stereocenters. The second-order valence-electron chi connectivity index (χ2n) is 3.36. The van der Waals surface area contributed by atoms with E-state index >= 15 is 0 Å². The van der Waals surface area contributed by atoms with Gasteiger partial charge in [-0.25, -0.2) is 0 Å². The van der Waals surface area contributed by atoms with Crippen molar-refractivity contribution in [2.75, 3.05) is 35.0 Å². The van der Waals surface area contributed by atoms with Crippen molar-refractivity contribution in [1.29, 1.82) is 0 Å². The molecule has 4 atom stereocenters. The number of ether oxygens (including phenoxy) is 4. The molecule has 0 saturated carbocycles. The van der Waals surface area contributed by atoms with Crippen LogP contribution >= 0.6 is 0 Å². The maximum atomic E-state index is 9.77. The topological polar surface area (TPSA) is 57.2 Å². The van der Waals surface area contributed by atoms with Gasteiger partial charge in [0.15, 0.2) is 0 Å². The molecule has 0 aromatic rings. The third kappa shape index (κ3) is 4.44. The number of aliphatic hydroxyl groups excluding tert-OH is 1. The number of hydrogen-bond acceptors (Lipinski definition) is 5. The van der Waals surface area contributed by atoms with E-state index in [2.05, 4.69) is 0 Å². The van der Waals surface area contributed by atoms with Crippen LogP contribution in [0.25, 0.3) is 0 Å². The van der Waals surface area contributed by atoms with Crippen molar-refractivity contribution in [3.8, 4) is 0 Å². The Bertz CT molecular complexity index is 153. The number of methoxy groups -OCH3 is 4. The van der Waals surface area contributed by atoms with Crippen LogP contribution in [-0.4, -0.2) is 64.6 Å². The lowest BCUT2D eigenvalue weighted by molar-refractivity contribution is -0.147. The molecular weight excluding hydrogens is 200 g/mol. The minimum absolute atomic E-state index is 0.161. The molecule has 5 heteroatoms. The van der Waals surface area contributed by atoms with Crippen molar-refractivity contribution in [3.63, 3.8) is 0 Å². The van der Waals surface area contributed by atoms with Gasteiger partial charge in [-0.05, 0) is 6.92 Å². The van der Waals surface area contributed by atoms with E-state index in [1.165, 1.54) is 14.2 Å². The Morgan fingerprint density at radius 2 is 1.47 bits per heavy atom. The van der Waals surface area contributed by atoms with Crippen LogP contribution in [0.1, 0.15) is 6.92 Å². The molecule has 0 aliphatic carbocycles. The molecule has 0 spiro atoms. The summed E-state index contributed by atoms with van der Waals surface area (Å²) in [5, 5.41) is 9.77. The smallest absolute Gasteiger partial charge is 0.114 e. The van der Waals surface area contributed by atoms with Gasteiger partial charge in [-0.2, -0.15) is 0 Å². The number of rotatable bonds is 8. The van der Waals surface area contributed by atoms with E-state index in [0.29, 0.717) is 0 Å². The summed E-state index contributed by atoms with van der Waals surface area (Å²) in [5.74, 6) is 0. The first kappa shape index (κ1) is 14.8. The van der Waals surface area contributed by atoms with Crippen LogP contribution in [0.15, 0.2) is 0 Å². The Kier molecular flexibility index (Phi) is 7.90. The van der Waals surface area contributed by atoms with Gasteiger partial charge in [0.2, 0.25) is 0 Å². The van der Waals surface area contributed by atoms with E-state index < -0.39 is 12.2 Å². The fourth-order valence-electron chi connectivity index (χ4n) is 1.50. The minimum atomic E-state index is -0.734. The lowest BCUT2D eigenvalue weighted by atomic mass is 10.0. The highest BCUT2D eigenvalue weighted by atomic mass is 16.6. The van der Waals surface area contributed by atoms with E-state index in [4.69, 9.17) is 18.9 Å². The van der Waals surface area contributed by atoms with E-state index in [-0.39, 0.29) is 18.8 Å². The molecule has 0 heterocycles. The largest absolute Gasteiger partial charge is 0.388 e. The van der Waals surface area contributed by atoms with Crippen molar-refractivity contribution in [1.82, 2.24) is 0 Å². The Labute approximate surface area is 91.3 Å². The molecular formula is C10H22O5. The maximum absolute atomic E-state index is 9.77. The summed E-state index contributed by atoms with van der Waals surface area (Å²) in [6.45, 7) is 2.06. The monoisotopic (exact) mass is 222 g/mol. The zero-order valence-electron chi connectivity index (χ0n) is 10.1. The van der Waals surface area contributed by atoms with Crippen LogP contribution in [0, 0.1) is 0 Å². The highest BCUT2D eigenvalue weighted by molar-refractivity contribution is 4.82. The zero-order chi connectivity index (χ0) is 11.8. The SMILES string of the molecule is COC[C@@H](O)[C@H](OC)[C@@H](OC)[C@@H](C)OC. The molecule has 92 valence electrons. The average Bonchev–Trinajstić information content (AvgIpc) is 2.24. The van der Waals surface area contributed by atoms with Crippen molar-refractivity contribution in [2.24, 2.45) is 0 Å². The van der Waals surface area contributed by atoms with Crippen LogP contribution in [0.5, 0.6) is 0 Å². The molecule has 0 amide bonds. The van der Waals surface area contributed by atoms with E-state index in [0.717, 1.165) is 0 Å². The van der Waals surface area contributed by atoms with Gasteiger partial charge >= 0.3 is 0 Å². The van der Waals surface area contributed by atoms with Gasteiger partial charge in [-0.3, -0.25) is 0 Å². The second-order valence-corrected chi connectivity index (χ2v) is 3.36. The first-order valence-corrected chi connectivity index (χ1v) is 4.87. The predicted molar refractivity (Wildman–Crippen MR) is 55.9 cm³/mol. The van der Waals surface area contributed by atoms with Crippen LogP contribution in [0.4, 0.5) is 0 Å². The zero-order valence-corrected chi connectivity index (χ0v) is 10.1. The summed E-state index contributed by atoms with van der Waals surface area (Å²) in [4.78, 5) is 0. The van der Waals surface area contributed by atoms with Gasteiger partial charge in [-0.1, -0.05) is 0 Å². The first-order valence-electron chi connectivity index (χ1n) is 4.87. The molecule has 0 aromatic carbocycles. The van der Waals surface area contributed by atoms with Crippen LogP contribution in [-0.2, 0) is 18.9 Å². The molecule has 1 N–H and O–H groups in total. The summed E-state index contributed by atoms with van der Waals surface area (Å²) >= 11 is 0. The summed E-state index contributed by atoms with van der Waals surface area (Å²) in [7, 11) is 6.20. The normalized spacial score (nSPS) is 19.6. The lowest BCUT2D eigenvalue weighted by Gasteiger charge is -2.31. The molecule has 0 rings (SSSR count). The van der Waals surface area contributed by atoms with Gasteiger partial charge in [-0.15, -0.1) is 0 Å². The average molecular weight is 222 g/mol. The highest BCUT2D eigenvalue weighted by Gasteiger charge is 2.32.